The van der Waals surface area contributed by atoms with Crippen LogP contribution in [-0.4, -0.2) is 31.2 Å². The Balaban J connectivity index is 1.92. The van der Waals surface area contributed by atoms with Crippen LogP contribution in [0.1, 0.15) is 25.1 Å². The zero-order valence-corrected chi connectivity index (χ0v) is 15.6. The van der Waals surface area contributed by atoms with Crippen molar-refractivity contribution in [3.8, 4) is 0 Å². The van der Waals surface area contributed by atoms with Gasteiger partial charge in [-0.15, -0.1) is 11.3 Å². The minimum atomic E-state index is -3.63. The molecule has 1 amide bonds. The second-order valence-electron chi connectivity index (χ2n) is 6.05. The topological polar surface area (TPSA) is 101 Å². The third-order valence-corrected chi connectivity index (χ3v) is 5.95. The predicted octanol–water partition coefficient (Wildman–Crippen LogP) is 2.15. The van der Waals surface area contributed by atoms with E-state index in [1.54, 1.807) is 18.2 Å². The molecule has 9 heteroatoms. The van der Waals surface area contributed by atoms with E-state index in [1.807, 2.05) is 26.2 Å². The molecule has 0 aliphatic carbocycles. The maximum absolute atomic E-state index is 12.6. The number of carbonyl (C=O) groups excluding carboxylic acids is 1. The minimum Gasteiger partial charge on any atom is -0.300 e. The predicted molar refractivity (Wildman–Crippen MR) is 97.4 cm³/mol. The quantitative estimate of drug-likeness (QED) is 0.851. The molecule has 0 bridgehead atoms. The summed E-state index contributed by atoms with van der Waals surface area (Å²) < 4.78 is 26.8. The van der Waals surface area contributed by atoms with Gasteiger partial charge in [-0.3, -0.25) is 14.5 Å². The average Bonchev–Trinajstić information content (AvgIpc) is 3.06. The number of aliphatic imine (C=N–C) groups is 1. The molecule has 132 valence electrons. The van der Waals surface area contributed by atoms with E-state index in [-0.39, 0.29) is 22.6 Å². The van der Waals surface area contributed by atoms with Gasteiger partial charge in [0.15, 0.2) is 5.13 Å². The number of amides is 1. The lowest BCUT2D eigenvalue weighted by atomic mass is 10.0. The number of anilines is 1. The molecule has 0 fully saturated rings. The van der Waals surface area contributed by atoms with Gasteiger partial charge in [-0.25, -0.2) is 13.4 Å². The number of amidine groups is 1. The van der Waals surface area contributed by atoms with Crippen LogP contribution in [0, 0.1) is 12.8 Å². The van der Waals surface area contributed by atoms with Crippen LogP contribution in [0.2, 0.25) is 0 Å². The number of nitrogens with one attached hydrogen (secondary N) is 2. The Kier molecular flexibility index (Phi) is 4.61. The Morgan fingerprint density at radius 2 is 2.04 bits per heavy atom. The van der Waals surface area contributed by atoms with Crippen molar-refractivity contribution in [2.45, 2.75) is 31.7 Å². The molecule has 0 radical (unpaired) electrons. The van der Waals surface area contributed by atoms with Crippen molar-refractivity contribution in [1.82, 2.24) is 9.71 Å². The van der Waals surface area contributed by atoms with Crippen LogP contribution in [0.15, 0.2) is 39.5 Å². The van der Waals surface area contributed by atoms with Gasteiger partial charge >= 0.3 is 0 Å². The summed E-state index contributed by atoms with van der Waals surface area (Å²) in [6, 6.07) is 5.83. The molecule has 0 spiro atoms. The number of rotatable bonds is 4. The maximum Gasteiger partial charge on any atom is 0.263 e. The molecular formula is C16H18N4O3S2. The number of nitrogens with zero attached hydrogens (tertiary/aromatic N) is 2. The van der Waals surface area contributed by atoms with E-state index in [0.717, 1.165) is 5.69 Å². The van der Waals surface area contributed by atoms with Gasteiger partial charge in [-0.1, -0.05) is 26.0 Å². The molecular weight excluding hydrogens is 360 g/mol. The molecule has 2 aromatic rings. The van der Waals surface area contributed by atoms with Gasteiger partial charge in [0.1, 0.15) is 11.9 Å². The Bertz CT molecular complexity index is 948. The Morgan fingerprint density at radius 1 is 1.32 bits per heavy atom. The van der Waals surface area contributed by atoms with Crippen molar-refractivity contribution >= 4 is 38.2 Å². The summed E-state index contributed by atoms with van der Waals surface area (Å²) in [6.07, 6.45) is 0. The van der Waals surface area contributed by atoms with Gasteiger partial charge in [0.2, 0.25) is 0 Å². The van der Waals surface area contributed by atoms with Crippen molar-refractivity contribution < 1.29 is 13.2 Å². The zero-order chi connectivity index (χ0) is 18.2. The normalized spacial score (nSPS) is 18.0. The minimum absolute atomic E-state index is 0.120. The first-order valence-electron chi connectivity index (χ1n) is 7.71. The van der Waals surface area contributed by atoms with Crippen molar-refractivity contribution in [2.75, 3.05) is 5.32 Å². The van der Waals surface area contributed by atoms with Crippen LogP contribution >= 0.6 is 11.3 Å². The molecule has 0 unspecified atom stereocenters. The fourth-order valence-corrected chi connectivity index (χ4v) is 4.40. The molecule has 25 heavy (non-hydrogen) atoms. The number of hydrogen-bond donors (Lipinski definition) is 2. The second-order valence-corrected chi connectivity index (χ2v) is 8.56. The van der Waals surface area contributed by atoms with E-state index in [0.29, 0.717) is 10.7 Å². The molecule has 3 rings (SSSR count). The third-order valence-electron chi connectivity index (χ3n) is 3.68. The molecule has 1 atom stereocenters. The molecule has 1 aliphatic heterocycles. The van der Waals surface area contributed by atoms with Crippen LogP contribution in [0.5, 0.6) is 0 Å². The van der Waals surface area contributed by atoms with Crippen LogP contribution in [0.3, 0.4) is 0 Å². The fraction of sp³-hybridized carbons (Fsp3) is 0.312. The first-order chi connectivity index (χ1) is 11.8. The highest BCUT2D eigenvalue weighted by molar-refractivity contribution is 7.90. The highest BCUT2D eigenvalue weighted by Crippen LogP contribution is 2.24. The SMILES string of the molecule is Cc1csc(NC(=O)[C@@H](N=C2NS(=O)(=O)c3ccccc32)C(C)C)n1. The summed E-state index contributed by atoms with van der Waals surface area (Å²) in [4.78, 5) is 21.4. The van der Waals surface area contributed by atoms with Crippen molar-refractivity contribution in [3.05, 3.63) is 40.9 Å². The first kappa shape index (κ1) is 17.6. The van der Waals surface area contributed by atoms with E-state index >= 15 is 0 Å². The molecule has 1 aromatic heterocycles. The standard InChI is InChI=1S/C16H18N4O3S2/c1-9(2)13(15(21)19-16-17-10(3)8-24-16)18-14-11-6-4-5-7-12(11)25(22,23)20-14/h4-9,13H,1-3H3,(H,18,20)(H,17,19,21)/t13-/m0/s1. The molecule has 2 N–H and O–H groups in total. The van der Waals surface area contributed by atoms with Crippen molar-refractivity contribution in [2.24, 2.45) is 10.9 Å². The number of aromatic nitrogens is 1. The van der Waals surface area contributed by atoms with E-state index in [2.05, 4.69) is 20.0 Å². The molecule has 7 nitrogen and oxygen atoms in total. The summed E-state index contributed by atoms with van der Waals surface area (Å²) in [5, 5.41) is 5.09. The summed E-state index contributed by atoms with van der Waals surface area (Å²) in [5.74, 6) is -0.244. The molecule has 0 saturated heterocycles. The summed E-state index contributed by atoms with van der Waals surface area (Å²) in [7, 11) is -3.63. The molecule has 1 aliphatic rings. The van der Waals surface area contributed by atoms with Gasteiger partial charge in [-0.2, -0.15) is 0 Å². The van der Waals surface area contributed by atoms with Gasteiger partial charge < -0.3 is 5.32 Å². The summed E-state index contributed by atoms with van der Waals surface area (Å²) in [5.41, 5.74) is 1.30. The lowest BCUT2D eigenvalue weighted by Gasteiger charge is -2.16. The number of fused-ring (bicyclic) bond motifs is 1. The van der Waals surface area contributed by atoms with Gasteiger partial charge in [-0.05, 0) is 25.0 Å². The van der Waals surface area contributed by atoms with Gasteiger partial charge in [0.25, 0.3) is 15.9 Å². The number of carbonyl (C=O) groups is 1. The average molecular weight is 378 g/mol. The first-order valence-corrected chi connectivity index (χ1v) is 10.1. The van der Waals surface area contributed by atoms with Gasteiger partial charge in [0.05, 0.1) is 10.6 Å². The number of aryl methyl sites for hydroxylation is 1. The van der Waals surface area contributed by atoms with Crippen LogP contribution in [0.25, 0.3) is 0 Å². The van der Waals surface area contributed by atoms with Crippen LogP contribution in [0.4, 0.5) is 5.13 Å². The summed E-state index contributed by atoms with van der Waals surface area (Å²) in [6.45, 7) is 5.56. The second kappa shape index (κ2) is 6.57. The smallest absolute Gasteiger partial charge is 0.263 e. The third kappa shape index (κ3) is 3.57. The Hall–Kier alpha value is -2.26. The highest BCUT2D eigenvalue weighted by atomic mass is 32.2. The molecule has 1 aromatic carbocycles. The van der Waals surface area contributed by atoms with E-state index in [4.69, 9.17) is 0 Å². The van der Waals surface area contributed by atoms with Crippen molar-refractivity contribution in [3.63, 3.8) is 0 Å². The summed E-state index contributed by atoms with van der Waals surface area (Å²) >= 11 is 1.34. The number of thiazole rings is 1. The lowest BCUT2D eigenvalue weighted by molar-refractivity contribution is -0.118. The van der Waals surface area contributed by atoms with E-state index in [9.17, 15) is 13.2 Å². The van der Waals surface area contributed by atoms with Gasteiger partial charge in [0, 0.05) is 10.9 Å². The number of benzene rings is 1. The Morgan fingerprint density at radius 3 is 2.68 bits per heavy atom. The van der Waals surface area contributed by atoms with Crippen LogP contribution in [-0.2, 0) is 14.8 Å². The highest BCUT2D eigenvalue weighted by Gasteiger charge is 2.32. The van der Waals surface area contributed by atoms with Crippen molar-refractivity contribution in [1.29, 1.82) is 0 Å². The fourth-order valence-electron chi connectivity index (χ4n) is 2.47. The number of sulfonamides is 1. The lowest BCUT2D eigenvalue weighted by Crippen LogP contribution is -2.34. The zero-order valence-electron chi connectivity index (χ0n) is 14.0. The van der Waals surface area contributed by atoms with Crippen LogP contribution < -0.4 is 10.0 Å². The monoisotopic (exact) mass is 378 g/mol. The van der Waals surface area contributed by atoms with E-state index < -0.39 is 16.1 Å². The maximum atomic E-state index is 12.6. The molecule has 2 heterocycles. The largest absolute Gasteiger partial charge is 0.300 e. The number of hydrogen-bond acceptors (Lipinski definition) is 6. The Labute approximate surface area is 150 Å². The molecule has 0 saturated carbocycles. The van der Waals surface area contributed by atoms with E-state index in [1.165, 1.54) is 17.4 Å².